The van der Waals surface area contributed by atoms with E-state index in [4.69, 9.17) is 4.74 Å². The number of aryl methyl sites for hydroxylation is 1. The summed E-state index contributed by atoms with van der Waals surface area (Å²) in [6.07, 6.45) is 3.49. The molecule has 2 N–H and O–H groups in total. The molecule has 0 spiro atoms. The number of aromatic amines is 1. The van der Waals surface area contributed by atoms with Crippen molar-refractivity contribution in [2.75, 3.05) is 7.11 Å². The minimum absolute atomic E-state index is 0.191. The van der Waals surface area contributed by atoms with Gasteiger partial charge in [-0.25, -0.2) is 4.98 Å². The third-order valence-electron chi connectivity index (χ3n) is 4.82. The van der Waals surface area contributed by atoms with E-state index < -0.39 is 11.9 Å². The summed E-state index contributed by atoms with van der Waals surface area (Å²) in [6, 6.07) is 15.7. The van der Waals surface area contributed by atoms with Crippen molar-refractivity contribution in [2.24, 2.45) is 7.05 Å². The lowest BCUT2D eigenvalue weighted by atomic mass is 10.0. The molecule has 4 rings (SSSR count). The number of pyridine rings is 1. The number of hydrogen-bond acceptors (Lipinski definition) is 4. The summed E-state index contributed by atoms with van der Waals surface area (Å²) < 4.78 is 7.16. The van der Waals surface area contributed by atoms with Gasteiger partial charge in [-0.05, 0) is 35.2 Å². The summed E-state index contributed by atoms with van der Waals surface area (Å²) in [5, 5.41) is 4.23. The summed E-state index contributed by atoms with van der Waals surface area (Å²) in [5.74, 6) is 0.938. The second-order valence-electron chi connectivity index (χ2n) is 6.68. The molecule has 7 heteroatoms. The average Bonchev–Trinajstić information content (AvgIpc) is 3.17. The Bertz CT molecular complexity index is 1240. The topological polar surface area (TPSA) is 89.0 Å². The molecule has 0 saturated carbocycles. The molecule has 2 aromatic heterocycles. The third-order valence-corrected chi connectivity index (χ3v) is 4.82. The minimum Gasteiger partial charge on any atom is -0.497 e. The van der Waals surface area contributed by atoms with Crippen LogP contribution in [0.15, 0.2) is 71.8 Å². The Morgan fingerprint density at radius 2 is 2.00 bits per heavy atom. The lowest BCUT2D eigenvalue weighted by Crippen LogP contribution is -2.32. The Kier molecular flexibility index (Phi) is 4.87. The third kappa shape index (κ3) is 3.62. The molecule has 29 heavy (non-hydrogen) atoms. The van der Waals surface area contributed by atoms with Crippen LogP contribution in [0.2, 0.25) is 0 Å². The van der Waals surface area contributed by atoms with Crippen LogP contribution < -0.4 is 15.6 Å². The van der Waals surface area contributed by atoms with Crippen LogP contribution in [0.25, 0.3) is 10.8 Å². The molecule has 0 aliphatic rings. The van der Waals surface area contributed by atoms with Crippen LogP contribution in [-0.2, 0) is 7.05 Å². The number of imidazole rings is 1. The summed E-state index contributed by atoms with van der Waals surface area (Å²) in [6.45, 7) is 0. The largest absolute Gasteiger partial charge is 0.497 e. The normalized spacial score (nSPS) is 11.9. The zero-order valence-electron chi connectivity index (χ0n) is 16.0. The van der Waals surface area contributed by atoms with E-state index in [2.05, 4.69) is 15.3 Å². The predicted octanol–water partition coefficient (Wildman–Crippen LogP) is 2.79. The molecule has 146 valence electrons. The molecular formula is C22H20N4O3. The smallest absolute Gasteiger partial charge is 0.268 e. The Labute approximate surface area is 167 Å². The number of fused-ring (bicyclic) bond motifs is 1. The van der Waals surface area contributed by atoms with Gasteiger partial charge in [-0.15, -0.1) is 0 Å². The first kappa shape index (κ1) is 18.5. The van der Waals surface area contributed by atoms with Crippen LogP contribution in [0.5, 0.6) is 5.75 Å². The van der Waals surface area contributed by atoms with E-state index in [-0.39, 0.29) is 11.3 Å². The number of hydrogen-bond donors (Lipinski definition) is 2. The fourth-order valence-corrected chi connectivity index (χ4v) is 3.32. The molecule has 4 aromatic rings. The quantitative estimate of drug-likeness (QED) is 0.550. The highest BCUT2D eigenvalue weighted by molar-refractivity contribution is 5.96. The standard InChI is InChI=1S/C22H20N4O3/c1-26-11-10-23-20(26)19(15-7-5-8-16(12-15)29-2)25-22(28)18-13-14-6-3-4-9-17(14)21(27)24-18/h3-13,19H,1-2H3,(H,24,27)(H,25,28). The van der Waals surface area contributed by atoms with Crippen molar-refractivity contribution in [3.63, 3.8) is 0 Å². The average molecular weight is 388 g/mol. The van der Waals surface area contributed by atoms with Gasteiger partial charge in [0.15, 0.2) is 0 Å². The first-order valence-corrected chi connectivity index (χ1v) is 9.11. The number of benzene rings is 2. The highest BCUT2D eigenvalue weighted by Crippen LogP contribution is 2.24. The maximum absolute atomic E-state index is 13.0. The van der Waals surface area contributed by atoms with Crippen molar-refractivity contribution >= 4 is 16.7 Å². The molecular weight excluding hydrogens is 368 g/mol. The van der Waals surface area contributed by atoms with E-state index >= 15 is 0 Å². The molecule has 1 unspecified atom stereocenters. The molecule has 0 bridgehead atoms. The van der Waals surface area contributed by atoms with Gasteiger partial charge in [0.05, 0.1) is 7.11 Å². The number of H-pyrrole nitrogens is 1. The molecule has 0 radical (unpaired) electrons. The fourth-order valence-electron chi connectivity index (χ4n) is 3.32. The number of rotatable bonds is 5. The van der Waals surface area contributed by atoms with Gasteiger partial charge in [-0.3, -0.25) is 9.59 Å². The van der Waals surface area contributed by atoms with Crippen molar-refractivity contribution in [3.05, 3.63) is 94.4 Å². The van der Waals surface area contributed by atoms with E-state index in [0.29, 0.717) is 22.3 Å². The Balaban J connectivity index is 1.74. The lowest BCUT2D eigenvalue weighted by molar-refractivity contribution is 0.0936. The van der Waals surface area contributed by atoms with Crippen LogP contribution in [0.4, 0.5) is 0 Å². The van der Waals surface area contributed by atoms with Crippen LogP contribution in [0, 0.1) is 0 Å². The van der Waals surface area contributed by atoms with Gasteiger partial charge in [-0.1, -0.05) is 30.3 Å². The first-order valence-electron chi connectivity index (χ1n) is 9.11. The van der Waals surface area contributed by atoms with Crippen LogP contribution in [-0.4, -0.2) is 27.6 Å². The second-order valence-corrected chi connectivity index (χ2v) is 6.68. The monoisotopic (exact) mass is 388 g/mol. The molecule has 0 fully saturated rings. The van der Waals surface area contributed by atoms with Crippen LogP contribution in [0.3, 0.4) is 0 Å². The van der Waals surface area contributed by atoms with Gasteiger partial charge in [0.1, 0.15) is 23.3 Å². The molecule has 1 atom stereocenters. The lowest BCUT2D eigenvalue weighted by Gasteiger charge is -2.20. The summed E-state index contributed by atoms with van der Waals surface area (Å²) in [5.41, 5.74) is 0.703. The number of nitrogens with zero attached hydrogens (tertiary/aromatic N) is 2. The maximum atomic E-state index is 13.0. The molecule has 2 heterocycles. The van der Waals surface area contributed by atoms with Crippen molar-refractivity contribution < 1.29 is 9.53 Å². The number of carbonyl (C=O) groups is 1. The van der Waals surface area contributed by atoms with Gasteiger partial charge >= 0.3 is 0 Å². The molecule has 1 amide bonds. The Morgan fingerprint density at radius 1 is 1.17 bits per heavy atom. The van der Waals surface area contributed by atoms with Crippen molar-refractivity contribution in [1.82, 2.24) is 19.9 Å². The van der Waals surface area contributed by atoms with Gasteiger partial charge in [0.2, 0.25) is 0 Å². The van der Waals surface area contributed by atoms with Crippen LogP contribution in [0.1, 0.15) is 27.9 Å². The number of methoxy groups -OCH3 is 1. The van der Waals surface area contributed by atoms with E-state index in [0.717, 1.165) is 5.56 Å². The van der Waals surface area contributed by atoms with E-state index in [1.165, 1.54) is 0 Å². The first-order chi connectivity index (χ1) is 14.1. The van der Waals surface area contributed by atoms with Gasteiger partial charge < -0.3 is 19.6 Å². The second kappa shape index (κ2) is 7.63. The van der Waals surface area contributed by atoms with Crippen LogP contribution >= 0.6 is 0 Å². The highest BCUT2D eigenvalue weighted by atomic mass is 16.5. The zero-order chi connectivity index (χ0) is 20.4. The Morgan fingerprint density at radius 3 is 2.76 bits per heavy atom. The minimum atomic E-state index is -0.521. The summed E-state index contributed by atoms with van der Waals surface area (Å²) in [7, 11) is 3.45. The highest BCUT2D eigenvalue weighted by Gasteiger charge is 2.22. The molecule has 0 aliphatic heterocycles. The van der Waals surface area contributed by atoms with Crippen molar-refractivity contribution in [2.45, 2.75) is 6.04 Å². The van der Waals surface area contributed by atoms with Gasteiger partial charge in [-0.2, -0.15) is 0 Å². The fraction of sp³-hybridized carbons (Fsp3) is 0.136. The van der Waals surface area contributed by atoms with Crippen molar-refractivity contribution in [1.29, 1.82) is 0 Å². The molecule has 0 saturated heterocycles. The van der Waals surface area contributed by atoms with E-state index in [1.807, 2.05) is 48.1 Å². The number of nitrogens with one attached hydrogen (secondary N) is 2. The molecule has 0 aliphatic carbocycles. The zero-order valence-corrected chi connectivity index (χ0v) is 16.0. The number of ether oxygens (including phenoxy) is 1. The number of carbonyl (C=O) groups excluding carboxylic acids is 1. The predicted molar refractivity (Wildman–Crippen MR) is 110 cm³/mol. The number of aromatic nitrogens is 3. The van der Waals surface area contributed by atoms with E-state index in [9.17, 15) is 9.59 Å². The van der Waals surface area contributed by atoms with Crippen molar-refractivity contribution in [3.8, 4) is 5.75 Å². The SMILES string of the molecule is COc1cccc(C(NC(=O)c2cc3ccccc3c(=O)[nH]2)c2nccn2C)c1. The number of amides is 1. The Hall–Kier alpha value is -3.87. The maximum Gasteiger partial charge on any atom is 0.268 e. The van der Waals surface area contributed by atoms with Gasteiger partial charge in [0.25, 0.3) is 11.5 Å². The molecule has 7 nitrogen and oxygen atoms in total. The van der Waals surface area contributed by atoms with Gasteiger partial charge in [0, 0.05) is 24.8 Å². The van der Waals surface area contributed by atoms with E-state index in [1.54, 1.807) is 37.6 Å². The molecule has 2 aromatic carbocycles. The summed E-state index contributed by atoms with van der Waals surface area (Å²) >= 11 is 0. The summed E-state index contributed by atoms with van der Waals surface area (Å²) in [4.78, 5) is 32.5.